The quantitative estimate of drug-likeness (QED) is 0.640. The van der Waals surface area contributed by atoms with Crippen molar-refractivity contribution in [1.82, 2.24) is 20.6 Å². The molecule has 0 radical (unpaired) electrons. The summed E-state index contributed by atoms with van der Waals surface area (Å²) in [6, 6.07) is 1.87. The van der Waals surface area contributed by atoms with E-state index in [-0.39, 0.29) is 0 Å². The average molecular weight is 294 g/mol. The van der Waals surface area contributed by atoms with E-state index >= 15 is 0 Å². The Labute approximate surface area is 119 Å². The van der Waals surface area contributed by atoms with Crippen LogP contribution in [0.4, 0.5) is 4.79 Å². The number of aliphatic carboxylic acids is 1. The first-order valence-electron chi connectivity index (χ1n) is 5.95. The SMILES string of the molecule is O=C(NCCc1ncc[nH]1)NC(C(=O)O)c1cccs1. The molecule has 0 aromatic carbocycles. The van der Waals surface area contributed by atoms with Gasteiger partial charge >= 0.3 is 12.0 Å². The number of nitrogens with zero attached hydrogens (tertiary/aromatic N) is 1. The van der Waals surface area contributed by atoms with E-state index in [4.69, 9.17) is 5.11 Å². The number of aromatic nitrogens is 2. The van der Waals surface area contributed by atoms with Crippen LogP contribution in [0.5, 0.6) is 0 Å². The third-order valence-electron chi connectivity index (χ3n) is 2.55. The van der Waals surface area contributed by atoms with Gasteiger partial charge in [0.25, 0.3) is 0 Å². The summed E-state index contributed by atoms with van der Waals surface area (Å²) in [7, 11) is 0. The minimum atomic E-state index is -1.09. The van der Waals surface area contributed by atoms with E-state index in [0.717, 1.165) is 5.82 Å². The average Bonchev–Trinajstić information content (AvgIpc) is 3.08. The number of nitrogens with one attached hydrogen (secondary N) is 3. The summed E-state index contributed by atoms with van der Waals surface area (Å²) >= 11 is 1.28. The molecule has 7 nitrogen and oxygen atoms in total. The van der Waals surface area contributed by atoms with Gasteiger partial charge in [-0.05, 0) is 11.4 Å². The van der Waals surface area contributed by atoms with Crippen LogP contribution >= 0.6 is 11.3 Å². The largest absolute Gasteiger partial charge is 0.479 e. The van der Waals surface area contributed by atoms with Gasteiger partial charge in [0.15, 0.2) is 6.04 Å². The summed E-state index contributed by atoms with van der Waals surface area (Å²) in [4.78, 5) is 30.3. The second kappa shape index (κ2) is 6.71. The van der Waals surface area contributed by atoms with E-state index in [9.17, 15) is 9.59 Å². The molecule has 0 aliphatic rings. The van der Waals surface area contributed by atoms with Crippen LogP contribution in [0.2, 0.25) is 0 Å². The minimum Gasteiger partial charge on any atom is -0.479 e. The first-order valence-corrected chi connectivity index (χ1v) is 6.83. The third kappa shape index (κ3) is 3.82. The number of urea groups is 1. The number of hydrogen-bond donors (Lipinski definition) is 4. The highest BCUT2D eigenvalue weighted by molar-refractivity contribution is 7.10. The van der Waals surface area contributed by atoms with Crippen molar-refractivity contribution >= 4 is 23.3 Å². The molecule has 1 unspecified atom stereocenters. The van der Waals surface area contributed by atoms with Crippen molar-refractivity contribution in [3.63, 3.8) is 0 Å². The van der Waals surface area contributed by atoms with E-state index in [1.54, 1.807) is 29.9 Å². The molecule has 2 aromatic rings. The second-order valence-electron chi connectivity index (χ2n) is 3.97. The molecule has 4 N–H and O–H groups in total. The number of amides is 2. The Morgan fingerprint density at radius 1 is 1.50 bits per heavy atom. The van der Waals surface area contributed by atoms with Gasteiger partial charge in [-0.15, -0.1) is 11.3 Å². The molecule has 2 heterocycles. The van der Waals surface area contributed by atoms with Crippen molar-refractivity contribution < 1.29 is 14.7 Å². The van der Waals surface area contributed by atoms with Crippen molar-refractivity contribution in [2.45, 2.75) is 12.5 Å². The molecule has 8 heteroatoms. The molecule has 0 aliphatic carbocycles. The van der Waals surface area contributed by atoms with Gasteiger partial charge in [0.2, 0.25) is 0 Å². The summed E-state index contributed by atoms with van der Waals surface area (Å²) in [6.45, 7) is 0.371. The fourth-order valence-electron chi connectivity index (χ4n) is 1.62. The predicted octanol–water partition coefficient (Wildman–Crippen LogP) is 1.14. The number of H-pyrrole nitrogens is 1. The van der Waals surface area contributed by atoms with E-state index in [2.05, 4.69) is 20.6 Å². The number of rotatable bonds is 6. The molecule has 0 fully saturated rings. The fourth-order valence-corrected chi connectivity index (χ4v) is 2.39. The smallest absolute Gasteiger partial charge is 0.331 e. The zero-order valence-electron chi connectivity index (χ0n) is 10.5. The lowest BCUT2D eigenvalue weighted by molar-refractivity contribution is -0.139. The monoisotopic (exact) mass is 294 g/mol. The van der Waals surface area contributed by atoms with Gasteiger partial charge in [0.1, 0.15) is 5.82 Å². The van der Waals surface area contributed by atoms with Crippen LogP contribution in [-0.4, -0.2) is 33.6 Å². The van der Waals surface area contributed by atoms with Crippen LogP contribution in [-0.2, 0) is 11.2 Å². The predicted molar refractivity (Wildman–Crippen MR) is 73.5 cm³/mol. The van der Waals surface area contributed by atoms with Crippen LogP contribution in [0.15, 0.2) is 29.9 Å². The summed E-state index contributed by atoms with van der Waals surface area (Å²) in [5.74, 6) is -0.327. The molecule has 2 amide bonds. The number of aromatic amines is 1. The molecule has 0 saturated heterocycles. The maximum absolute atomic E-state index is 11.7. The lowest BCUT2D eigenvalue weighted by Gasteiger charge is -2.13. The number of carboxylic acids is 1. The Hall–Kier alpha value is -2.35. The summed E-state index contributed by atoms with van der Waals surface area (Å²) in [5.41, 5.74) is 0. The zero-order chi connectivity index (χ0) is 14.4. The molecule has 2 aromatic heterocycles. The molecule has 0 aliphatic heterocycles. The summed E-state index contributed by atoms with van der Waals surface area (Å²) in [6.07, 6.45) is 3.89. The van der Waals surface area contributed by atoms with Gasteiger partial charge in [0, 0.05) is 30.2 Å². The van der Waals surface area contributed by atoms with Crippen molar-refractivity contribution in [2.24, 2.45) is 0 Å². The molecule has 20 heavy (non-hydrogen) atoms. The topological polar surface area (TPSA) is 107 Å². The Balaban J connectivity index is 1.81. The number of carbonyl (C=O) groups is 2. The summed E-state index contributed by atoms with van der Waals surface area (Å²) < 4.78 is 0. The third-order valence-corrected chi connectivity index (χ3v) is 3.49. The van der Waals surface area contributed by atoms with Crippen LogP contribution in [0.3, 0.4) is 0 Å². The lowest BCUT2D eigenvalue weighted by Crippen LogP contribution is -2.41. The number of carboxylic acid groups (broad SMARTS) is 1. The van der Waals surface area contributed by atoms with Crippen molar-refractivity contribution in [2.75, 3.05) is 6.54 Å². The van der Waals surface area contributed by atoms with Crippen LogP contribution in [0.25, 0.3) is 0 Å². The van der Waals surface area contributed by atoms with E-state index < -0.39 is 18.0 Å². The van der Waals surface area contributed by atoms with Gasteiger partial charge in [0.05, 0.1) is 0 Å². The zero-order valence-corrected chi connectivity index (χ0v) is 11.3. The standard InChI is InChI=1S/C12H14N4O3S/c17-11(18)10(8-2-1-7-20-8)16-12(19)15-4-3-9-13-5-6-14-9/h1-2,5-7,10H,3-4H2,(H,13,14)(H,17,18)(H2,15,16,19). The maximum atomic E-state index is 11.7. The second-order valence-corrected chi connectivity index (χ2v) is 4.95. The van der Waals surface area contributed by atoms with Gasteiger partial charge in [-0.3, -0.25) is 0 Å². The maximum Gasteiger partial charge on any atom is 0.331 e. The Bertz CT molecular complexity index is 553. The van der Waals surface area contributed by atoms with Crippen molar-refractivity contribution in [3.05, 3.63) is 40.6 Å². The molecule has 0 bridgehead atoms. The Morgan fingerprint density at radius 3 is 2.95 bits per heavy atom. The highest BCUT2D eigenvalue weighted by Gasteiger charge is 2.22. The molecule has 106 valence electrons. The molecular weight excluding hydrogens is 280 g/mol. The Morgan fingerprint density at radius 2 is 2.35 bits per heavy atom. The molecule has 1 atom stereocenters. The molecule has 0 saturated carbocycles. The minimum absolute atomic E-state index is 0.371. The van der Waals surface area contributed by atoms with Gasteiger partial charge in [-0.2, -0.15) is 0 Å². The van der Waals surface area contributed by atoms with Crippen LogP contribution in [0, 0.1) is 0 Å². The fraction of sp³-hybridized carbons (Fsp3) is 0.250. The Kier molecular flexibility index (Phi) is 4.72. The van der Waals surface area contributed by atoms with Crippen LogP contribution < -0.4 is 10.6 Å². The number of hydrogen-bond acceptors (Lipinski definition) is 4. The normalized spacial score (nSPS) is 11.8. The molecular formula is C12H14N4O3S. The van der Waals surface area contributed by atoms with Gasteiger partial charge in [-0.1, -0.05) is 6.07 Å². The first-order chi connectivity index (χ1) is 9.66. The summed E-state index contributed by atoms with van der Waals surface area (Å²) in [5, 5.41) is 15.9. The van der Waals surface area contributed by atoms with E-state index in [0.29, 0.717) is 17.8 Å². The first kappa shape index (κ1) is 14.1. The highest BCUT2D eigenvalue weighted by Crippen LogP contribution is 2.18. The van der Waals surface area contributed by atoms with E-state index in [1.807, 2.05) is 0 Å². The number of imidazole rings is 1. The number of carbonyl (C=O) groups excluding carboxylic acids is 1. The number of thiophene rings is 1. The van der Waals surface area contributed by atoms with Gasteiger partial charge < -0.3 is 20.7 Å². The van der Waals surface area contributed by atoms with Crippen molar-refractivity contribution in [3.8, 4) is 0 Å². The highest BCUT2D eigenvalue weighted by atomic mass is 32.1. The molecule has 0 spiro atoms. The van der Waals surface area contributed by atoms with Crippen LogP contribution in [0.1, 0.15) is 16.7 Å². The van der Waals surface area contributed by atoms with Crippen molar-refractivity contribution in [1.29, 1.82) is 0 Å². The van der Waals surface area contributed by atoms with E-state index in [1.165, 1.54) is 11.3 Å². The molecule has 2 rings (SSSR count). The van der Waals surface area contributed by atoms with Gasteiger partial charge in [-0.25, -0.2) is 14.6 Å². The lowest BCUT2D eigenvalue weighted by atomic mass is 10.2.